The van der Waals surface area contributed by atoms with Crippen molar-refractivity contribution in [2.45, 2.75) is 99.1 Å². The fourth-order valence-corrected chi connectivity index (χ4v) is 14.7. The lowest BCUT2D eigenvalue weighted by Gasteiger charge is -2.13. The van der Waals surface area contributed by atoms with E-state index >= 15 is 0 Å². The number of anilines is 2. The molecular weight excluding hydrogens is 1680 g/mol. The maximum atomic E-state index is 13.5. The number of nitro benzene ring substituents is 2. The molecule has 0 aliphatic carbocycles. The molecule has 0 fully saturated rings. The quantitative estimate of drug-likeness (QED) is 0.0159. The molecule has 0 aliphatic heterocycles. The zero-order valence-electron chi connectivity index (χ0n) is 68.4. The number of rotatable bonds is 20. The van der Waals surface area contributed by atoms with Crippen molar-refractivity contribution in [1.29, 1.82) is 10.8 Å². The molecule has 18 nitrogen and oxygen atoms in total. The number of nitrogens with two attached hydrogens (primary N) is 2. The third kappa shape index (κ3) is 23.9. The Hall–Kier alpha value is -13.4. The molecule has 125 heavy (non-hydrogen) atoms. The van der Waals surface area contributed by atoms with Gasteiger partial charge < -0.3 is 39.4 Å². The molecule has 3 heterocycles. The number of nitrogens with zero attached hydrogens (tertiary/aromatic N) is 8. The van der Waals surface area contributed by atoms with Gasteiger partial charge >= 0.3 is 5.69 Å². The van der Waals surface area contributed by atoms with E-state index in [-0.39, 0.29) is 69.8 Å². The van der Waals surface area contributed by atoms with Gasteiger partial charge in [0.05, 0.1) is 102 Å². The van der Waals surface area contributed by atoms with E-state index in [1.54, 1.807) is 88.0 Å². The second-order valence-corrected chi connectivity index (χ2v) is 31.1. The summed E-state index contributed by atoms with van der Waals surface area (Å²) in [4.78, 5) is 37.0. The summed E-state index contributed by atoms with van der Waals surface area (Å²) >= 11 is 24.1. The van der Waals surface area contributed by atoms with Crippen molar-refractivity contribution in [3.05, 3.63) is 437 Å². The topological polar surface area (TPSA) is 261 Å². The summed E-state index contributed by atoms with van der Waals surface area (Å²) < 4.78 is 87.5. The van der Waals surface area contributed by atoms with E-state index in [2.05, 4.69) is 4.98 Å². The summed E-state index contributed by atoms with van der Waals surface area (Å²) in [6, 6.07) is 76.0. The van der Waals surface area contributed by atoms with Gasteiger partial charge in [-0.25, -0.2) is 26.9 Å². The molecule has 0 saturated carbocycles. The van der Waals surface area contributed by atoms with E-state index in [1.165, 1.54) is 84.4 Å². The van der Waals surface area contributed by atoms with E-state index < -0.39 is 22.5 Å². The van der Waals surface area contributed by atoms with Crippen molar-refractivity contribution in [3.63, 3.8) is 0 Å². The van der Waals surface area contributed by atoms with Crippen LogP contribution in [-0.2, 0) is 58.4 Å². The molecular formula is C97H86Cl4F6N12O6. The summed E-state index contributed by atoms with van der Waals surface area (Å²) in [7, 11) is 0. The van der Waals surface area contributed by atoms with E-state index in [4.69, 9.17) is 68.7 Å². The number of aryl methyl sites for hydroxylation is 9. The Labute approximate surface area is 736 Å². The molecule has 0 spiro atoms. The number of fused-ring (bicyclic) bond motifs is 3. The zero-order chi connectivity index (χ0) is 89.9. The van der Waals surface area contributed by atoms with Crippen LogP contribution >= 0.6 is 46.4 Å². The molecule has 16 aromatic rings. The number of carbonyl (C=O) groups is 1. The van der Waals surface area contributed by atoms with Crippen LogP contribution in [0.4, 0.5) is 49.4 Å². The van der Waals surface area contributed by atoms with Crippen LogP contribution in [0.1, 0.15) is 88.8 Å². The predicted molar refractivity (Wildman–Crippen MR) is 483 cm³/mol. The summed E-state index contributed by atoms with van der Waals surface area (Å²) in [5.74, 6) is -1.71. The van der Waals surface area contributed by atoms with E-state index in [9.17, 15) is 56.5 Å². The number of aliphatic hydroxyl groups excluding tert-OH is 1. The normalized spacial score (nSPS) is 11.1. The molecule has 16 rings (SSSR count). The minimum atomic E-state index is -0.860. The standard InChI is InChI=1S/C23H20Cl2FN3O.C23H18Cl2FN3O.C15H14FN3.C15H14FNO2.C15H16FN.C6H4FNO2/c2*1-14-10-17(26)8-6-16(14)12-28-20-4-2-3-5-21(20)29(23(28)27)13-22(30)15-7-9-18(24)19(25)11-15;1-10-8-12(16)7-6-11(10)9-19-14-5-3-2-4-13(14)18-15(19)17;1-11-10-14(16)9-8-12(11)6-7-13-4-2-3-5-15(13)17(18)19;1-11-10-14(16)9-8-12(11)6-7-13-4-2-3-5-15(13)17;7-5-3-1-2-4-6(5)8(9)10/h2-11,22,27,30H,12-13H2,1H3;2-11,27H,12-13H2,1H3;2-8H,9H2,1H3,(H2,17,18);2-5,8-10H,6-7H2,1H3;2-5,8-10H,6-7,17H2,1H3;1-4H. The van der Waals surface area contributed by atoms with Gasteiger partial charge in [0.15, 0.2) is 5.78 Å². The van der Waals surface area contributed by atoms with Crippen molar-refractivity contribution in [1.82, 2.24) is 27.8 Å². The Kier molecular flexibility index (Phi) is 31.5. The number of halogens is 10. The highest BCUT2D eigenvalue weighted by Crippen LogP contribution is 2.31. The molecule has 640 valence electrons. The Morgan fingerprint density at radius 2 is 0.768 bits per heavy atom. The first-order valence-electron chi connectivity index (χ1n) is 39.3. The second kappa shape index (κ2) is 42.6. The SMILES string of the molecule is Cc1cc(F)ccc1CCc1ccccc1N.Cc1cc(F)ccc1CCc1ccccc1[N+](=O)[O-].Cc1cc(F)ccc1Cn1c(=N)n(CC(=O)c2ccc(Cl)c(Cl)c2)c2ccccc21.Cc1cc(F)ccc1Cn1c(=N)n(CC(O)c2ccc(Cl)c(Cl)c2)c2ccccc21.Cc1cc(F)ccc1Cn1c(N)nc2ccccc21.O=[N+]([O-])c1ccccc1F. The van der Waals surface area contributed by atoms with Gasteiger partial charge in [-0.15, -0.1) is 0 Å². The van der Waals surface area contributed by atoms with Gasteiger partial charge in [-0.2, -0.15) is 4.39 Å². The van der Waals surface area contributed by atoms with Crippen LogP contribution in [0.5, 0.6) is 0 Å². The van der Waals surface area contributed by atoms with Crippen LogP contribution in [0.3, 0.4) is 0 Å². The van der Waals surface area contributed by atoms with Crippen LogP contribution in [0.2, 0.25) is 20.1 Å². The van der Waals surface area contributed by atoms with Crippen LogP contribution in [0.25, 0.3) is 33.1 Å². The average molecular weight is 1770 g/mol. The zero-order valence-corrected chi connectivity index (χ0v) is 71.4. The van der Waals surface area contributed by atoms with Crippen molar-refractivity contribution in [2.24, 2.45) is 0 Å². The molecule has 1 unspecified atom stereocenters. The fourth-order valence-electron chi connectivity index (χ4n) is 14.1. The monoisotopic (exact) mass is 1770 g/mol. The highest BCUT2D eigenvalue weighted by Gasteiger charge is 2.21. The number of benzene rings is 13. The molecule has 1 atom stereocenters. The Morgan fingerprint density at radius 1 is 0.400 bits per heavy atom. The van der Waals surface area contributed by atoms with Crippen LogP contribution < -0.4 is 22.7 Å². The van der Waals surface area contributed by atoms with Crippen molar-refractivity contribution >= 4 is 108 Å². The molecule has 0 amide bonds. The second-order valence-electron chi connectivity index (χ2n) is 29.4. The van der Waals surface area contributed by atoms with Crippen molar-refractivity contribution < 1.29 is 46.1 Å². The molecule has 3 aromatic heterocycles. The lowest BCUT2D eigenvalue weighted by Crippen LogP contribution is -2.27. The number of ketones is 1. The van der Waals surface area contributed by atoms with E-state index in [0.717, 1.165) is 119 Å². The van der Waals surface area contributed by atoms with Crippen molar-refractivity contribution in [3.8, 4) is 0 Å². The van der Waals surface area contributed by atoms with Crippen LogP contribution in [0, 0.1) is 101 Å². The number of carbonyl (C=O) groups excluding carboxylic acids is 1. The van der Waals surface area contributed by atoms with Gasteiger partial charge in [0.1, 0.15) is 29.1 Å². The number of nitrogens with one attached hydrogen (secondary N) is 2. The van der Waals surface area contributed by atoms with Gasteiger partial charge in [0, 0.05) is 28.9 Å². The van der Waals surface area contributed by atoms with Crippen molar-refractivity contribution in [2.75, 3.05) is 11.5 Å². The number of nitro groups is 2. The van der Waals surface area contributed by atoms with Gasteiger partial charge in [-0.3, -0.25) is 35.8 Å². The number of aliphatic hydroxyl groups is 1. The van der Waals surface area contributed by atoms with E-state index in [1.807, 2.05) is 151 Å². The first-order chi connectivity index (χ1) is 59.8. The first-order valence-corrected chi connectivity index (χ1v) is 40.8. The first kappa shape index (κ1) is 92.4. The average Bonchev–Trinajstić information content (AvgIpc) is 1.63. The number of para-hydroxylation sites is 9. The van der Waals surface area contributed by atoms with Gasteiger partial charge in [0.2, 0.25) is 23.0 Å². The lowest BCUT2D eigenvalue weighted by molar-refractivity contribution is -0.387. The summed E-state index contributed by atoms with van der Waals surface area (Å²) in [5, 5.41) is 50.7. The highest BCUT2D eigenvalue weighted by molar-refractivity contribution is 6.42. The number of Topliss-reactive ketones (excluding diaryl/α,β-unsaturated/α-hetero) is 1. The molecule has 28 heteroatoms. The summed E-state index contributed by atoms with van der Waals surface area (Å²) in [5.41, 5.74) is 30.3. The third-order valence-corrected chi connectivity index (χ3v) is 22.5. The molecule has 0 aliphatic rings. The highest BCUT2D eigenvalue weighted by atomic mass is 35.5. The number of imidazole rings is 3. The predicted octanol–water partition coefficient (Wildman–Crippen LogP) is 23.2. The maximum Gasteiger partial charge on any atom is 0.304 e. The third-order valence-electron chi connectivity index (χ3n) is 21.0. The smallest absolute Gasteiger partial charge is 0.304 e. The molecule has 13 aromatic carbocycles. The minimum absolute atomic E-state index is 0.00723. The molecule has 0 saturated heterocycles. The summed E-state index contributed by atoms with van der Waals surface area (Å²) in [6.45, 7) is 11.0. The van der Waals surface area contributed by atoms with Crippen LogP contribution in [-0.4, -0.2) is 48.6 Å². The number of hydrogen-bond acceptors (Lipinski definition) is 11. The largest absolute Gasteiger partial charge is 0.399 e. The van der Waals surface area contributed by atoms with Gasteiger partial charge in [-0.05, 0) is 267 Å². The summed E-state index contributed by atoms with van der Waals surface area (Å²) in [6.07, 6.45) is 2.15. The van der Waals surface area contributed by atoms with E-state index in [0.29, 0.717) is 75.2 Å². The van der Waals surface area contributed by atoms with Crippen LogP contribution in [0.15, 0.2) is 273 Å². The Morgan fingerprint density at radius 3 is 1.22 bits per heavy atom. The van der Waals surface area contributed by atoms with Gasteiger partial charge in [-0.1, -0.05) is 168 Å². The fraction of sp³-hybridized carbons (Fsp3) is 0.155. The maximum absolute atomic E-state index is 13.5. The minimum Gasteiger partial charge on any atom is -0.399 e. The Balaban J connectivity index is 0.000000150. The number of nitrogen functional groups attached to an aromatic ring is 2. The molecule has 0 bridgehead atoms. The van der Waals surface area contributed by atoms with Gasteiger partial charge in [0.25, 0.3) is 5.69 Å². The number of aromatic nitrogens is 6. The lowest BCUT2D eigenvalue weighted by atomic mass is 9.99. The Bertz CT molecular complexity index is 6750. The number of hydrogen-bond donors (Lipinski definition) is 5. The molecule has 0 radical (unpaired) electrons. The molecule has 7 N–H and O–H groups in total.